The zero-order valence-corrected chi connectivity index (χ0v) is 13.2. The Bertz CT molecular complexity index is 709. The predicted octanol–water partition coefficient (Wildman–Crippen LogP) is 2.57. The molecule has 6 nitrogen and oxygen atoms in total. The highest BCUT2D eigenvalue weighted by molar-refractivity contribution is 5.96. The number of benzene rings is 1. The van der Waals surface area contributed by atoms with Gasteiger partial charge in [-0.25, -0.2) is 0 Å². The van der Waals surface area contributed by atoms with Crippen LogP contribution in [0.4, 0.5) is 0 Å². The van der Waals surface area contributed by atoms with Gasteiger partial charge in [-0.1, -0.05) is 0 Å². The van der Waals surface area contributed by atoms with E-state index in [9.17, 15) is 9.59 Å². The van der Waals surface area contributed by atoms with Crippen LogP contribution in [-0.4, -0.2) is 31.0 Å². The van der Waals surface area contributed by atoms with E-state index < -0.39 is 0 Å². The lowest BCUT2D eigenvalue weighted by Gasteiger charge is -2.30. The molecular weight excluding hydrogens is 294 g/mol. The lowest BCUT2D eigenvalue weighted by Crippen LogP contribution is -2.40. The zero-order valence-electron chi connectivity index (χ0n) is 13.2. The summed E-state index contributed by atoms with van der Waals surface area (Å²) in [4.78, 5) is 23.8. The molecule has 120 valence electrons. The lowest BCUT2D eigenvalue weighted by molar-refractivity contribution is -0.114. The second kappa shape index (κ2) is 6.32. The van der Waals surface area contributed by atoms with Gasteiger partial charge in [0.05, 0.1) is 13.2 Å². The third-order valence-corrected chi connectivity index (χ3v) is 4.32. The monoisotopic (exact) mass is 313 g/mol. The van der Waals surface area contributed by atoms with Crippen molar-refractivity contribution in [1.82, 2.24) is 5.32 Å². The second-order valence-electron chi connectivity index (χ2n) is 5.92. The summed E-state index contributed by atoms with van der Waals surface area (Å²) in [6.45, 7) is 1.89. The number of carbonyl (C=O) groups excluding carboxylic acids is 2. The van der Waals surface area contributed by atoms with Crippen molar-refractivity contribution in [3.05, 3.63) is 41.0 Å². The maximum Gasteiger partial charge on any atom is 0.287 e. The van der Waals surface area contributed by atoms with Crippen molar-refractivity contribution in [2.75, 3.05) is 7.11 Å². The molecule has 0 aromatic heterocycles. The van der Waals surface area contributed by atoms with E-state index in [1.54, 1.807) is 25.3 Å². The summed E-state index contributed by atoms with van der Waals surface area (Å²) < 4.78 is 5.16. The lowest BCUT2D eigenvalue weighted by atomic mass is 9.86. The van der Waals surface area contributed by atoms with Crippen molar-refractivity contribution >= 4 is 11.8 Å². The van der Waals surface area contributed by atoms with Gasteiger partial charge in [0.15, 0.2) is 0 Å². The second-order valence-corrected chi connectivity index (χ2v) is 5.92. The molecule has 1 N–H and O–H groups in total. The molecule has 0 spiro atoms. The first-order valence-electron chi connectivity index (χ1n) is 7.67. The maximum absolute atomic E-state index is 12.5. The quantitative estimate of drug-likeness (QED) is 0.931. The highest BCUT2D eigenvalue weighted by atomic mass is 16.5. The van der Waals surface area contributed by atoms with Crippen LogP contribution in [0, 0.1) is 6.92 Å². The van der Waals surface area contributed by atoms with Crippen LogP contribution in [0.25, 0.3) is 0 Å². The summed E-state index contributed by atoms with van der Waals surface area (Å²) in [6.07, 6.45) is 3.83. The van der Waals surface area contributed by atoms with E-state index in [2.05, 4.69) is 15.5 Å². The summed E-state index contributed by atoms with van der Waals surface area (Å²) in [5.41, 5.74) is 2.48. The minimum absolute atomic E-state index is 0.00331. The molecule has 0 radical (unpaired) electrons. The Balaban J connectivity index is 1.68. The number of aryl methyl sites for hydroxylation is 1. The van der Waals surface area contributed by atoms with Gasteiger partial charge in [0.25, 0.3) is 11.8 Å². The number of fused-ring (bicyclic) bond motifs is 1. The molecule has 6 heteroatoms. The molecule has 1 fully saturated rings. The molecule has 1 saturated carbocycles. The van der Waals surface area contributed by atoms with E-state index in [-0.39, 0.29) is 23.9 Å². The van der Waals surface area contributed by atoms with Crippen molar-refractivity contribution in [2.24, 2.45) is 10.2 Å². The molecule has 2 unspecified atom stereocenters. The molecule has 0 saturated heterocycles. The molecule has 1 aromatic carbocycles. The molecule has 23 heavy (non-hydrogen) atoms. The summed E-state index contributed by atoms with van der Waals surface area (Å²) in [7, 11) is 1.60. The van der Waals surface area contributed by atoms with Crippen molar-refractivity contribution in [3.63, 3.8) is 0 Å². The van der Waals surface area contributed by atoms with Crippen molar-refractivity contribution in [1.29, 1.82) is 0 Å². The van der Waals surface area contributed by atoms with Gasteiger partial charge < -0.3 is 10.1 Å². The van der Waals surface area contributed by atoms with Crippen molar-refractivity contribution < 1.29 is 14.3 Å². The Labute approximate surface area is 134 Å². The number of hydrogen-bond donors (Lipinski definition) is 1. The van der Waals surface area contributed by atoms with E-state index in [4.69, 9.17) is 4.74 Å². The van der Waals surface area contributed by atoms with Gasteiger partial charge in [-0.15, -0.1) is 5.11 Å². The van der Waals surface area contributed by atoms with E-state index >= 15 is 0 Å². The number of carbonyl (C=O) groups is 2. The normalized spacial score (nSPS) is 23.0. The minimum Gasteiger partial charge on any atom is -0.497 e. The number of nitrogens with zero attached hydrogens (tertiary/aromatic N) is 2. The summed E-state index contributed by atoms with van der Waals surface area (Å²) in [6, 6.07) is 5.42. The van der Waals surface area contributed by atoms with Gasteiger partial charge >= 0.3 is 0 Å². The van der Waals surface area contributed by atoms with Crippen LogP contribution < -0.4 is 10.1 Å². The molecule has 1 aliphatic carbocycles. The van der Waals surface area contributed by atoms with E-state index in [1.807, 2.05) is 13.0 Å². The molecule has 1 aromatic rings. The summed E-state index contributed by atoms with van der Waals surface area (Å²) in [5.74, 6) is 0.322. The van der Waals surface area contributed by atoms with Crippen LogP contribution in [-0.2, 0) is 4.79 Å². The first kappa shape index (κ1) is 15.4. The predicted molar refractivity (Wildman–Crippen MR) is 84.6 cm³/mol. The Morgan fingerprint density at radius 2 is 2.17 bits per heavy atom. The first-order chi connectivity index (χ1) is 11.1. The molecule has 1 aliphatic heterocycles. The average molecular weight is 313 g/mol. The van der Waals surface area contributed by atoms with E-state index in [0.29, 0.717) is 12.0 Å². The van der Waals surface area contributed by atoms with Gasteiger partial charge in [-0.2, -0.15) is 5.11 Å². The van der Waals surface area contributed by atoms with Gasteiger partial charge in [-0.3, -0.25) is 9.59 Å². The third-order valence-electron chi connectivity index (χ3n) is 4.32. The largest absolute Gasteiger partial charge is 0.497 e. The smallest absolute Gasteiger partial charge is 0.287 e. The number of methoxy groups -OCH3 is 1. The Morgan fingerprint density at radius 3 is 2.91 bits per heavy atom. The highest BCUT2D eigenvalue weighted by Crippen LogP contribution is 2.29. The number of hydrogen-bond acceptors (Lipinski definition) is 4. The van der Waals surface area contributed by atoms with E-state index in [0.717, 1.165) is 29.7 Å². The standard InChI is InChI=1S/C17H19N3O3/c1-10-7-13(23-2)4-5-14(10)17(22)18-12-3-6-15-11(8-12)9-16(21)20-19-15/h4-5,7,9,12,15H,3,6,8H2,1-2H3,(H,18,22). The number of ether oxygens (including phenoxy) is 1. The summed E-state index contributed by atoms with van der Waals surface area (Å²) >= 11 is 0. The fourth-order valence-corrected chi connectivity index (χ4v) is 3.07. The molecule has 1 heterocycles. The van der Waals surface area contributed by atoms with E-state index in [1.165, 1.54) is 0 Å². The topological polar surface area (TPSA) is 80.1 Å². The Morgan fingerprint density at radius 1 is 1.35 bits per heavy atom. The van der Waals surface area contributed by atoms with Crippen molar-refractivity contribution in [3.8, 4) is 5.75 Å². The average Bonchev–Trinajstić information content (AvgIpc) is 2.54. The molecule has 3 rings (SSSR count). The van der Waals surface area contributed by atoms with Crippen LogP contribution >= 0.6 is 0 Å². The number of azo groups is 1. The summed E-state index contributed by atoms with van der Waals surface area (Å²) in [5, 5.41) is 10.7. The Hall–Kier alpha value is -2.50. The van der Waals surface area contributed by atoms with Gasteiger partial charge in [-0.05, 0) is 55.5 Å². The maximum atomic E-state index is 12.5. The number of rotatable bonds is 3. The van der Waals surface area contributed by atoms with Crippen LogP contribution in [0.5, 0.6) is 5.75 Å². The van der Waals surface area contributed by atoms with Crippen LogP contribution in [0.1, 0.15) is 35.2 Å². The fraction of sp³-hybridized carbons (Fsp3) is 0.412. The zero-order chi connectivity index (χ0) is 16.4. The van der Waals surface area contributed by atoms with Crippen LogP contribution in [0.15, 0.2) is 40.1 Å². The van der Waals surface area contributed by atoms with Crippen LogP contribution in [0.2, 0.25) is 0 Å². The van der Waals surface area contributed by atoms with Crippen molar-refractivity contribution in [2.45, 2.75) is 38.3 Å². The Kier molecular flexibility index (Phi) is 4.23. The minimum atomic E-state index is -0.311. The molecular formula is C17H19N3O3. The fourth-order valence-electron chi connectivity index (χ4n) is 3.07. The molecule has 2 aliphatic rings. The SMILES string of the molecule is COc1ccc(C(=O)NC2CCC3N=NC(=O)C=C3C2)c(C)c1. The first-order valence-corrected chi connectivity index (χ1v) is 7.67. The van der Waals surface area contributed by atoms with Crippen LogP contribution in [0.3, 0.4) is 0 Å². The molecule has 2 amide bonds. The molecule has 0 bridgehead atoms. The molecule has 2 atom stereocenters. The third kappa shape index (κ3) is 3.31. The highest BCUT2D eigenvalue weighted by Gasteiger charge is 2.29. The van der Waals surface area contributed by atoms with Gasteiger partial charge in [0.2, 0.25) is 0 Å². The van der Waals surface area contributed by atoms with Gasteiger partial charge in [0, 0.05) is 17.7 Å². The number of amides is 2. The van der Waals surface area contributed by atoms with Gasteiger partial charge in [0.1, 0.15) is 5.75 Å². The number of nitrogens with one attached hydrogen (secondary N) is 1.